The van der Waals surface area contributed by atoms with Crippen LogP contribution in [-0.2, 0) is 0 Å². The van der Waals surface area contributed by atoms with Crippen LogP contribution < -0.4 is 4.90 Å². The van der Waals surface area contributed by atoms with Gasteiger partial charge in [0.25, 0.3) is 0 Å². The highest BCUT2D eigenvalue weighted by Gasteiger charge is 2.25. The highest BCUT2D eigenvalue weighted by Crippen LogP contribution is 2.44. The Kier molecular flexibility index (Phi) is 4.40. The van der Waals surface area contributed by atoms with Crippen LogP contribution in [0.3, 0.4) is 0 Å². The monoisotopic (exact) mass is 413 g/mol. The van der Waals surface area contributed by atoms with E-state index in [0.717, 1.165) is 33.8 Å². The predicted molar refractivity (Wildman–Crippen MR) is 129 cm³/mol. The Hall–Kier alpha value is -4.44. The smallest absolute Gasteiger partial charge is 0.222 e. The summed E-state index contributed by atoms with van der Waals surface area (Å²) < 4.78 is 5.95. The van der Waals surface area contributed by atoms with Gasteiger partial charge in [0.1, 0.15) is 0 Å². The van der Waals surface area contributed by atoms with Crippen molar-refractivity contribution >= 4 is 40.0 Å². The first-order chi connectivity index (χ1) is 15.9. The number of hydrogen-bond donors (Lipinski definition) is 0. The van der Waals surface area contributed by atoms with Crippen LogP contribution in [0, 0.1) is 0 Å². The van der Waals surface area contributed by atoms with Gasteiger partial charge in [-0.05, 0) is 47.5 Å². The topological polar surface area (TPSA) is 42.2 Å². The Bertz CT molecular complexity index is 1430. The number of allylic oxidation sites excluding steroid dienone is 2. The molecule has 0 bridgehead atoms. The zero-order chi connectivity index (χ0) is 21.3. The molecule has 0 spiro atoms. The largest absolute Gasteiger partial charge is 0.435 e. The van der Waals surface area contributed by atoms with Crippen LogP contribution in [-0.4, -0.2) is 9.97 Å². The van der Waals surface area contributed by atoms with Gasteiger partial charge in [-0.15, -0.1) is 0 Å². The number of hydrogen-bond acceptors (Lipinski definition) is 4. The van der Waals surface area contributed by atoms with Crippen LogP contribution in [0.5, 0.6) is 0 Å². The molecule has 2 aromatic heterocycles. The fraction of sp³-hybridized carbons (Fsp3) is 0. The fourth-order valence-electron chi connectivity index (χ4n) is 4.11. The van der Waals surface area contributed by atoms with Gasteiger partial charge in [-0.2, -0.15) is 4.98 Å². The summed E-state index contributed by atoms with van der Waals surface area (Å²) in [6.45, 7) is 0. The summed E-state index contributed by atoms with van der Waals surface area (Å²) >= 11 is 0. The van der Waals surface area contributed by atoms with Crippen molar-refractivity contribution in [1.29, 1.82) is 0 Å². The van der Waals surface area contributed by atoms with Gasteiger partial charge in [-0.1, -0.05) is 66.7 Å². The van der Waals surface area contributed by atoms with Crippen molar-refractivity contribution < 1.29 is 4.42 Å². The van der Waals surface area contributed by atoms with E-state index in [1.54, 1.807) is 6.20 Å². The fourth-order valence-corrected chi connectivity index (χ4v) is 4.11. The third-order valence-corrected chi connectivity index (χ3v) is 5.53. The van der Waals surface area contributed by atoms with E-state index >= 15 is 0 Å². The molecule has 0 atom stereocenters. The van der Waals surface area contributed by atoms with Crippen LogP contribution in [0.2, 0.25) is 0 Å². The van der Waals surface area contributed by atoms with Gasteiger partial charge < -0.3 is 9.32 Å². The third kappa shape index (κ3) is 3.19. The van der Waals surface area contributed by atoms with Crippen LogP contribution in [0.25, 0.3) is 28.6 Å². The number of fused-ring (bicyclic) bond motifs is 2. The van der Waals surface area contributed by atoms with Crippen molar-refractivity contribution in [3.05, 3.63) is 126 Å². The van der Waals surface area contributed by atoms with Gasteiger partial charge in [0.05, 0.1) is 11.4 Å². The van der Waals surface area contributed by atoms with Crippen LogP contribution >= 0.6 is 0 Å². The molecule has 6 rings (SSSR count). The minimum Gasteiger partial charge on any atom is -0.435 e. The quantitative estimate of drug-likeness (QED) is 0.321. The van der Waals surface area contributed by atoms with E-state index in [-0.39, 0.29) is 0 Å². The summed E-state index contributed by atoms with van der Waals surface area (Å²) in [7, 11) is 0. The van der Waals surface area contributed by atoms with Crippen molar-refractivity contribution in [2.75, 3.05) is 4.90 Å². The molecule has 4 nitrogen and oxygen atoms in total. The molecule has 0 aliphatic carbocycles. The highest BCUT2D eigenvalue weighted by atomic mass is 16.3. The molecule has 0 saturated heterocycles. The van der Waals surface area contributed by atoms with Crippen LogP contribution in [0.15, 0.2) is 114 Å². The SMILES string of the molecule is C1=C(c2ccccc2)N(c2ccccc2)c2ccccc2/C1=C/c1nc2ncccc2o1. The second-order valence-corrected chi connectivity index (χ2v) is 7.56. The average molecular weight is 413 g/mol. The normalized spacial score (nSPS) is 14.4. The molecule has 4 heteroatoms. The second-order valence-electron chi connectivity index (χ2n) is 7.56. The summed E-state index contributed by atoms with van der Waals surface area (Å²) in [5, 5.41) is 0. The molecule has 0 saturated carbocycles. The maximum Gasteiger partial charge on any atom is 0.222 e. The second kappa shape index (κ2) is 7.67. The summed E-state index contributed by atoms with van der Waals surface area (Å²) in [6, 6.07) is 33.0. The molecule has 5 aromatic rings. The first kappa shape index (κ1) is 18.3. The maximum atomic E-state index is 5.95. The molecular weight excluding hydrogens is 394 g/mol. The number of pyridine rings is 1. The Morgan fingerprint density at radius 3 is 2.31 bits per heavy atom. The average Bonchev–Trinajstić information content (AvgIpc) is 3.27. The van der Waals surface area contributed by atoms with E-state index in [4.69, 9.17) is 4.42 Å². The van der Waals surface area contributed by atoms with E-state index in [2.05, 4.69) is 93.7 Å². The summed E-state index contributed by atoms with van der Waals surface area (Å²) in [5.41, 5.74) is 7.90. The molecule has 1 aliphatic heterocycles. The number of aromatic nitrogens is 2. The molecule has 0 amide bonds. The molecule has 0 radical (unpaired) electrons. The summed E-state index contributed by atoms with van der Waals surface area (Å²) in [4.78, 5) is 11.2. The molecule has 152 valence electrons. The summed E-state index contributed by atoms with van der Waals surface area (Å²) in [6.07, 6.45) is 5.92. The van der Waals surface area contributed by atoms with Gasteiger partial charge in [0.15, 0.2) is 11.2 Å². The van der Waals surface area contributed by atoms with E-state index in [1.165, 1.54) is 0 Å². The lowest BCUT2D eigenvalue weighted by Crippen LogP contribution is -2.20. The van der Waals surface area contributed by atoms with Crippen molar-refractivity contribution in [2.45, 2.75) is 0 Å². The van der Waals surface area contributed by atoms with E-state index in [0.29, 0.717) is 17.1 Å². The number of oxazole rings is 1. The van der Waals surface area contributed by atoms with Crippen molar-refractivity contribution in [1.82, 2.24) is 9.97 Å². The zero-order valence-corrected chi connectivity index (χ0v) is 17.2. The number of benzene rings is 3. The first-order valence-electron chi connectivity index (χ1n) is 10.5. The predicted octanol–water partition coefficient (Wildman–Crippen LogP) is 6.96. The highest BCUT2D eigenvalue weighted by molar-refractivity contribution is 6.06. The lowest BCUT2D eigenvalue weighted by molar-refractivity contribution is 0.589. The minimum absolute atomic E-state index is 0.542. The van der Waals surface area contributed by atoms with Gasteiger partial charge in [0, 0.05) is 23.5 Å². The Morgan fingerprint density at radius 2 is 1.50 bits per heavy atom. The molecular formula is C28H19N3O. The van der Waals surface area contributed by atoms with E-state index < -0.39 is 0 Å². The molecule has 1 aliphatic rings. The number of para-hydroxylation sites is 2. The van der Waals surface area contributed by atoms with E-state index in [9.17, 15) is 0 Å². The lowest BCUT2D eigenvalue weighted by atomic mass is 9.94. The molecule has 3 heterocycles. The minimum atomic E-state index is 0.542. The summed E-state index contributed by atoms with van der Waals surface area (Å²) in [5.74, 6) is 0.542. The molecule has 0 unspecified atom stereocenters. The van der Waals surface area contributed by atoms with Gasteiger partial charge >= 0.3 is 0 Å². The number of rotatable bonds is 3. The van der Waals surface area contributed by atoms with E-state index in [1.807, 2.05) is 30.3 Å². The number of anilines is 2. The Balaban J connectivity index is 1.58. The Morgan fingerprint density at radius 1 is 0.750 bits per heavy atom. The maximum absolute atomic E-state index is 5.95. The van der Waals surface area contributed by atoms with Gasteiger partial charge in [-0.3, -0.25) is 0 Å². The zero-order valence-electron chi connectivity index (χ0n) is 17.2. The molecule has 32 heavy (non-hydrogen) atoms. The first-order valence-corrected chi connectivity index (χ1v) is 10.5. The molecule has 3 aromatic carbocycles. The molecule has 0 fully saturated rings. The standard InChI is InChI=1S/C28H19N3O/c1-3-10-20(11-4-1)25-18-21(19-27-30-28-26(32-27)16-9-17-29-28)23-14-7-8-15-24(23)31(25)22-12-5-2-6-13-22/h1-19H/b21-19+. The van der Waals surface area contributed by atoms with Gasteiger partial charge in [-0.25, -0.2) is 4.98 Å². The van der Waals surface area contributed by atoms with Crippen molar-refractivity contribution in [3.8, 4) is 0 Å². The van der Waals surface area contributed by atoms with Crippen LogP contribution in [0.1, 0.15) is 17.0 Å². The number of nitrogens with zero attached hydrogens (tertiary/aromatic N) is 3. The lowest BCUT2D eigenvalue weighted by Gasteiger charge is -2.34. The third-order valence-electron chi connectivity index (χ3n) is 5.53. The van der Waals surface area contributed by atoms with Gasteiger partial charge in [0.2, 0.25) is 5.89 Å². The van der Waals surface area contributed by atoms with Crippen molar-refractivity contribution in [2.24, 2.45) is 0 Å². The molecule has 0 N–H and O–H groups in total. The van der Waals surface area contributed by atoms with Crippen LogP contribution in [0.4, 0.5) is 11.4 Å². The Labute approximate surface area is 185 Å². The van der Waals surface area contributed by atoms with Crippen molar-refractivity contribution in [3.63, 3.8) is 0 Å².